The van der Waals surface area contributed by atoms with Crippen LogP contribution in [0.4, 0.5) is 0 Å². The minimum Gasteiger partial charge on any atom is -0.507 e. The molecule has 2 amide bonds. The number of ether oxygens (including phenoxy) is 2. The highest BCUT2D eigenvalue weighted by Crippen LogP contribution is 2.43. The lowest BCUT2D eigenvalue weighted by molar-refractivity contribution is -0.140. The Morgan fingerprint density at radius 2 is 1.81 bits per heavy atom. The van der Waals surface area contributed by atoms with Gasteiger partial charge in [-0.05, 0) is 12.1 Å². The number of amides is 2. The minimum atomic E-state index is -0.894. The van der Waals surface area contributed by atoms with Crippen molar-refractivity contribution in [2.45, 2.75) is 13.0 Å². The van der Waals surface area contributed by atoms with E-state index in [1.807, 2.05) is 0 Å². The molecule has 0 aliphatic carbocycles. The third kappa shape index (κ3) is 4.37. The van der Waals surface area contributed by atoms with E-state index in [-0.39, 0.29) is 30.3 Å². The Labute approximate surface area is 180 Å². The minimum absolute atomic E-state index is 0.0394. The molecule has 2 N–H and O–H groups in total. The van der Waals surface area contributed by atoms with Gasteiger partial charge in [0.2, 0.25) is 5.91 Å². The summed E-state index contributed by atoms with van der Waals surface area (Å²) < 4.78 is 10.7. The molecule has 1 unspecified atom stereocenters. The van der Waals surface area contributed by atoms with Gasteiger partial charge in [0.05, 0.1) is 25.8 Å². The number of nitrogens with zero attached hydrogens (tertiary/aromatic N) is 1. The van der Waals surface area contributed by atoms with Crippen molar-refractivity contribution in [1.82, 2.24) is 10.2 Å². The molecule has 8 nitrogen and oxygen atoms in total. The molecule has 1 heterocycles. The van der Waals surface area contributed by atoms with Crippen LogP contribution >= 0.6 is 0 Å². The quantitative estimate of drug-likeness (QED) is 0.401. The highest BCUT2D eigenvalue weighted by molar-refractivity contribution is 6.46. The predicted octanol–water partition coefficient (Wildman–Crippen LogP) is 2.26. The van der Waals surface area contributed by atoms with Gasteiger partial charge in [0.1, 0.15) is 17.3 Å². The van der Waals surface area contributed by atoms with Crippen LogP contribution in [0.3, 0.4) is 0 Å². The number of hydrogen-bond acceptors (Lipinski definition) is 6. The van der Waals surface area contributed by atoms with Crippen molar-refractivity contribution < 1.29 is 29.0 Å². The molecule has 162 valence electrons. The van der Waals surface area contributed by atoms with Gasteiger partial charge in [-0.3, -0.25) is 14.4 Å². The molecule has 1 aliphatic heterocycles. The molecule has 31 heavy (non-hydrogen) atoms. The molecule has 0 radical (unpaired) electrons. The number of aliphatic hydroxyl groups is 1. The van der Waals surface area contributed by atoms with Crippen LogP contribution in [0.25, 0.3) is 5.76 Å². The number of Topliss-reactive ketones (excluding diaryl/α,β-unsaturated/α-hetero) is 1. The highest BCUT2D eigenvalue weighted by Gasteiger charge is 2.46. The smallest absolute Gasteiger partial charge is 0.295 e. The Morgan fingerprint density at radius 1 is 1.10 bits per heavy atom. The summed E-state index contributed by atoms with van der Waals surface area (Å²) in [4.78, 5) is 38.5. The first kappa shape index (κ1) is 21.9. The average molecular weight is 424 g/mol. The van der Waals surface area contributed by atoms with E-state index in [9.17, 15) is 19.5 Å². The van der Waals surface area contributed by atoms with Crippen molar-refractivity contribution in [2.24, 2.45) is 0 Å². The molecule has 8 heteroatoms. The lowest BCUT2D eigenvalue weighted by Crippen LogP contribution is -2.37. The first-order valence-electron chi connectivity index (χ1n) is 9.69. The molecule has 1 fully saturated rings. The Hall–Kier alpha value is -3.81. The second kappa shape index (κ2) is 9.34. The standard InChI is InChI=1S/C23H24N2O6/c1-14(26)24-11-12-25-20(17-10-9-16(30-2)13-18(17)31-3)19(22(28)23(25)29)21(27)15-7-5-4-6-8-15/h4-10,13,20,27H,11-12H2,1-3H3,(H,24,26). The lowest BCUT2D eigenvalue weighted by Gasteiger charge is -2.26. The largest absolute Gasteiger partial charge is 0.507 e. The van der Waals surface area contributed by atoms with Crippen LogP contribution in [-0.4, -0.2) is 54.9 Å². The van der Waals surface area contributed by atoms with E-state index in [2.05, 4.69) is 5.32 Å². The molecule has 1 aliphatic rings. The monoisotopic (exact) mass is 424 g/mol. The van der Waals surface area contributed by atoms with Crippen molar-refractivity contribution in [3.8, 4) is 11.5 Å². The molecule has 1 atom stereocenters. The maximum absolute atomic E-state index is 13.0. The van der Waals surface area contributed by atoms with Crippen LogP contribution in [0.15, 0.2) is 54.1 Å². The number of benzene rings is 2. The highest BCUT2D eigenvalue weighted by atomic mass is 16.5. The molecular formula is C23H24N2O6. The van der Waals surface area contributed by atoms with Crippen molar-refractivity contribution in [2.75, 3.05) is 27.3 Å². The van der Waals surface area contributed by atoms with Gasteiger partial charge in [-0.1, -0.05) is 30.3 Å². The van der Waals surface area contributed by atoms with Gasteiger partial charge in [0.25, 0.3) is 11.7 Å². The number of hydrogen-bond donors (Lipinski definition) is 2. The summed E-state index contributed by atoms with van der Waals surface area (Å²) in [5.41, 5.74) is 0.894. The number of ketones is 1. The fraction of sp³-hybridized carbons (Fsp3) is 0.261. The van der Waals surface area contributed by atoms with Crippen molar-refractivity contribution in [1.29, 1.82) is 0 Å². The van der Waals surface area contributed by atoms with Crippen LogP contribution in [0.1, 0.15) is 24.1 Å². The normalized spacial score (nSPS) is 17.5. The molecule has 0 aromatic heterocycles. The fourth-order valence-corrected chi connectivity index (χ4v) is 3.58. The van der Waals surface area contributed by atoms with Crippen molar-refractivity contribution in [3.63, 3.8) is 0 Å². The van der Waals surface area contributed by atoms with Crippen LogP contribution in [0.2, 0.25) is 0 Å². The number of carbonyl (C=O) groups is 3. The Kier molecular flexibility index (Phi) is 6.59. The Balaban J connectivity index is 2.16. The average Bonchev–Trinajstić information content (AvgIpc) is 3.03. The third-order valence-electron chi connectivity index (χ3n) is 5.05. The van der Waals surface area contributed by atoms with Gasteiger partial charge in [-0.15, -0.1) is 0 Å². The van der Waals surface area contributed by atoms with E-state index in [0.717, 1.165) is 0 Å². The van der Waals surface area contributed by atoms with E-state index < -0.39 is 17.7 Å². The van der Waals surface area contributed by atoms with Gasteiger partial charge in [-0.25, -0.2) is 0 Å². The zero-order valence-electron chi connectivity index (χ0n) is 17.5. The molecule has 2 aromatic carbocycles. The summed E-state index contributed by atoms with van der Waals surface area (Å²) in [6.07, 6.45) is 0. The summed E-state index contributed by atoms with van der Waals surface area (Å²) in [5, 5.41) is 13.6. The van der Waals surface area contributed by atoms with E-state index in [1.165, 1.54) is 26.0 Å². The first-order chi connectivity index (χ1) is 14.9. The zero-order chi connectivity index (χ0) is 22.5. The SMILES string of the molecule is COc1ccc(C2C(=C(O)c3ccccc3)C(=O)C(=O)N2CCNC(C)=O)c(OC)c1. The third-order valence-corrected chi connectivity index (χ3v) is 5.05. The van der Waals surface area contributed by atoms with E-state index in [1.54, 1.807) is 48.5 Å². The van der Waals surface area contributed by atoms with Crippen LogP contribution in [0, 0.1) is 0 Å². The molecule has 2 aromatic rings. The topological polar surface area (TPSA) is 105 Å². The Morgan fingerprint density at radius 3 is 2.42 bits per heavy atom. The first-order valence-corrected chi connectivity index (χ1v) is 9.69. The van der Waals surface area contributed by atoms with Gasteiger partial charge < -0.3 is 24.8 Å². The summed E-state index contributed by atoms with van der Waals surface area (Å²) in [6.45, 7) is 1.60. The predicted molar refractivity (Wildman–Crippen MR) is 114 cm³/mol. The number of nitrogens with one attached hydrogen (secondary N) is 1. The number of methoxy groups -OCH3 is 2. The van der Waals surface area contributed by atoms with Gasteiger partial charge >= 0.3 is 0 Å². The van der Waals surface area contributed by atoms with E-state index in [0.29, 0.717) is 22.6 Å². The Bertz CT molecular complexity index is 1030. The number of aliphatic hydroxyl groups excluding tert-OH is 1. The zero-order valence-corrected chi connectivity index (χ0v) is 17.5. The van der Waals surface area contributed by atoms with E-state index in [4.69, 9.17) is 9.47 Å². The maximum Gasteiger partial charge on any atom is 0.295 e. The van der Waals surface area contributed by atoms with Crippen LogP contribution < -0.4 is 14.8 Å². The molecule has 3 rings (SSSR count). The lowest BCUT2D eigenvalue weighted by atomic mass is 9.94. The molecule has 0 bridgehead atoms. The van der Waals surface area contributed by atoms with Gasteiger partial charge in [0, 0.05) is 37.2 Å². The summed E-state index contributed by atoms with van der Waals surface area (Å²) in [5.74, 6) is -1.14. The van der Waals surface area contributed by atoms with Crippen molar-refractivity contribution in [3.05, 3.63) is 65.2 Å². The van der Waals surface area contributed by atoms with Gasteiger partial charge in [-0.2, -0.15) is 0 Å². The number of carbonyl (C=O) groups excluding carboxylic acids is 3. The van der Waals surface area contributed by atoms with Crippen molar-refractivity contribution >= 4 is 23.4 Å². The second-order valence-corrected chi connectivity index (χ2v) is 6.95. The summed E-state index contributed by atoms with van der Waals surface area (Å²) in [7, 11) is 2.99. The van der Waals surface area contributed by atoms with E-state index >= 15 is 0 Å². The summed E-state index contributed by atoms with van der Waals surface area (Å²) in [6, 6.07) is 12.7. The molecule has 1 saturated heterocycles. The summed E-state index contributed by atoms with van der Waals surface area (Å²) >= 11 is 0. The number of likely N-dealkylation sites (tertiary alicyclic amines) is 1. The van der Waals surface area contributed by atoms with Crippen LogP contribution in [0.5, 0.6) is 11.5 Å². The fourth-order valence-electron chi connectivity index (χ4n) is 3.58. The maximum atomic E-state index is 13.0. The molecule has 0 spiro atoms. The van der Waals surface area contributed by atoms with Gasteiger partial charge in [0.15, 0.2) is 0 Å². The molecular weight excluding hydrogens is 400 g/mol. The molecule has 0 saturated carbocycles. The van der Waals surface area contributed by atoms with Crippen LogP contribution in [-0.2, 0) is 14.4 Å². The second-order valence-electron chi connectivity index (χ2n) is 6.95. The number of rotatable bonds is 7.